The second-order valence-corrected chi connectivity index (χ2v) is 6.91. The maximum Gasteiger partial charge on any atom is 0.323 e. The first-order chi connectivity index (χ1) is 13.5. The van der Waals surface area contributed by atoms with Crippen molar-refractivity contribution < 1.29 is 14.0 Å². The number of carbonyl (C=O) groups excluding carboxylic acids is 2. The van der Waals surface area contributed by atoms with Crippen molar-refractivity contribution in [3.8, 4) is 0 Å². The first-order valence-electron chi connectivity index (χ1n) is 8.30. The normalized spacial score (nSPS) is 10.9. The highest BCUT2D eigenvalue weighted by Crippen LogP contribution is 2.19. The molecule has 0 fully saturated rings. The van der Waals surface area contributed by atoms with Crippen molar-refractivity contribution in [1.82, 2.24) is 15.0 Å². The number of aromatic amines is 2. The lowest BCUT2D eigenvalue weighted by Gasteiger charge is -2.04. The number of nitrogens with zero attached hydrogens (tertiary/aromatic N) is 1. The number of nitrogens with one attached hydrogen (secondary N) is 4. The van der Waals surface area contributed by atoms with Gasteiger partial charge in [-0.2, -0.15) is 0 Å². The van der Waals surface area contributed by atoms with E-state index in [2.05, 4.69) is 25.6 Å². The topological polar surface area (TPSA) is 133 Å². The fraction of sp³-hybridized carbons (Fsp3) is 0.111. The summed E-state index contributed by atoms with van der Waals surface area (Å²) >= 11 is 1.24. The summed E-state index contributed by atoms with van der Waals surface area (Å²) in [6.45, 7) is 1.70. The van der Waals surface area contributed by atoms with Gasteiger partial charge in [0, 0.05) is 11.1 Å². The van der Waals surface area contributed by atoms with Crippen molar-refractivity contribution in [3.05, 3.63) is 63.4 Å². The number of carbonyl (C=O) groups is 2. The Morgan fingerprint density at radius 3 is 2.79 bits per heavy atom. The van der Waals surface area contributed by atoms with Crippen LogP contribution in [0.4, 0.5) is 10.8 Å². The maximum atomic E-state index is 12.3. The van der Waals surface area contributed by atoms with E-state index in [0.29, 0.717) is 38.9 Å². The van der Waals surface area contributed by atoms with E-state index in [1.165, 1.54) is 17.6 Å². The van der Waals surface area contributed by atoms with Crippen LogP contribution in [0.5, 0.6) is 0 Å². The first kappa shape index (κ1) is 17.7. The summed E-state index contributed by atoms with van der Waals surface area (Å²) in [6, 6.07) is 6.66. The molecule has 0 atom stereocenters. The minimum Gasteiger partial charge on any atom is -0.469 e. The van der Waals surface area contributed by atoms with Crippen molar-refractivity contribution in [2.45, 2.75) is 13.3 Å². The number of rotatable bonds is 5. The van der Waals surface area contributed by atoms with Gasteiger partial charge in [0.15, 0.2) is 5.13 Å². The number of anilines is 2. The molecule has 3 heterocycles. The van der Waals surface area contributed by atoms with Crippen molar-refractivity contribution in [1.29, 1.82) is 0 Å². The molecule has 0 saturated carbocycles. The monoisotopic (exact) mass is 397 g/mol. The van der Waals surface area contributed by atoms with Crippen LogP contribution in [0, 0.1) is 6.92 Å². The summed E-state index contributed by atoms with van der Waals surface area (Å²) < 4.78 is 5.11. The van der Waals surface area contributed by atoms with Crippen LogP contribution >= 0.6 is 11.3 Å². The Bertz CT molecular complexity index is 1230. The van der Waals surface area contributed by atoms with Crippen LogP contribution in [0.1, 0.15) is 21.8 Å². The molecule has 4 aromatic rings. The van der Waals surface area contributed by atoms with Gasteiger partial charge < -0.3 is 19.7 Å². The lowest BCUT2D eigenvalue weighted by Crippen LogP contribution is -2.15. The Balaban J connectivity index is 1.38. The van der Waals surface area contributed by atoms with Crippen LogP contribution in [-0.2, 0) is 11.2 Å². The number of amides is 2. The molecular formula is C18H15N5O4S. The van der Waals surface area contributed by atoms with Crippen molar-refractivity contribution in [3.63, 3.8) is 0 Å². The predicted molar refractivity (Wildman–Crippen MR) is 105 cm³/mol. The molecule has 0 aliphatic rings. The molecule has 142 valence electrons. The highest BCUT2D eigenvalue weighted by atomic mass is 32.1. The molecule has 3 aromatic heterocycles. The van der Waals surface area contributed by atoms with Gasteiger partial charge >= 0.3 is 5.69 Å². The van der Waals surface area contributed by atoms with Crippen LogP contribution < -0.4 is 16.3 Å². The van der Waals surface area contributed by atoms with Gasteiger partial charge in [-0.25, -0.2) is 9.78 Å². The van der Waals surface area contributed by atoms with Crippen molar-refractivity contribution in [2.75, 3.05) is 10.6 Å². The lowest BCUT2D eigenvalue weighted by molar-refractivity contribution is -0.115. The molecule has 10 heteroatoms. The molecule has 2 amide bonds. The predicted octanol–water partition coefficient (Wildman–Crippen LogP) is 2.65. The number of benzene rings is 1. The quantitative estimate of drug-likeness (QED) is 0.411. The molecule has 28 heavy (non-hydrogen) atoms. The highest BCUT2D eigenvalue weighted by molar-refractivity contribution is 7.14. The minimum atomic E-state index is -0.314. The molecular weight excluding hydrogens is 382 g/mol. The van der Waals surface area contributed by atoms with Crippen LogP contribution in [0.25, 0.3) is 11.0 Å². The molecule has 0 bridgehead atoms. The summed E-state index contributed by atoms with van der Waals surface area (Å²) in [7, 11) is 0. The van der Waals surface area contributed by atoms with Crippen LogP contribution in [0.3, 0.4) is 0 Å². The number of fused-ring (bicyclic) bond motifs is 1. The lowest BCUT2D eigenvalue weighted by atomic mass is 10.2. The molecule has 0 unspecified atom stereocenters. The zero-order chi connectivity index (χ0) is 19.7. The number of hydrogen-bond donors (Lipinski definition) is 4. The fourth-order valence-corrected chi connectivity index (χ4v) is 3.42. The van der Waals surface area contributed by atoms with Crippen molar-refractivity contribution >= 4 is 45.0 Å². The van der Waals surface area contributed by atoms with Gasteiger partial charge in [0.1, 0.15) is 5.76 Å². The van der Waals surface area contributed by atoms with Gasteiger partial charge in [-0.05, 0) is 31.2 Å². The third-order valence-corrected chi connectivity index (χ3v) is 4.82. The molecule has 0 aliphatic carbocycles. The number of aromatic nitrogens is 3. The number of H-pyrrole nitrogens is 2. The Hall–Kier alpha value is -3.66. The standard InChI is InChI=1S/C18H15N5O4S/c1-9-12(4-5-27-9)16(25)23-18-20-11(8-28-18)7-15(24)19-10-2-3-13-14(6-10)22-17(26)21-13/h2-6,8H,7H2,1H3,(H,19,24)(H,20,23,25)(H2,21,22,26). The van der Waals surface area contributed by atoms with E-state index in [-0.39, 0.29) is 23.9 Å². The fourth-order valence-electron chi connectivity index (χ4n) is 2.71. The molecule has 4 N–H and O–H groups in total. The minimum absolute atomic E-state index is 0.0544. The summed E-state index contributed by atoms with van der Waals surface area (Å²) in [6.07, 6.45) is 1.50. The van der Waals surface area contributed by atoms with Crippen LogP contribution in [0.15, 0.2) is 45.1 Å². The second-order valence-electron chi connectivity index (χ2n) is 6.05. The largest absolute Gasteiger partial charge is 0.469 e. The van der Waals surface area contributed by atoms with Gasteiger partial charge in [-0.3, -0.25) is 14.9 Å². The number of imidazole rings is 1. The van der Waals surface area contributed by atoms with Gasteiger partial charge in [0.05, 0.1) is 35.0 Å². The number of thiazole rings is 1. The zero-order valence-electron chi connectivity index (χ0n) is 14.7. The smallest absolute Gasteiger partial charge is 0.323 e. The third-order valence-electron chi connectivity index (χ3n) is 4.02. The van der Waals surface area contributed by atoms with Gasteiger partial charge in [0.2, 0.25) is 5.91 Å². The molecule has 0 aliphatic heterocycles. The summed E-state index contributed by atoms with van der Waals surface area (Å²) in [4.78, 5) is 45.3. The summed E-state index contributed by atoms with van der Waals surface area (Å²) in [5, 5.41) is 7.57. The van der Waals surface area contributed by atoms with E-state index in [0.717, 1.165) is 0 Å². The van der Waals surface area contributed by atoms with E-state index in [1.54, 1.807) is 36.6 Å². The van der Waals surface area contributed by atoms with Gasteiger partial charge in [0.25, 0.3) is 5.91 Å². The first-order valence-corrected chi connectivity index (χ1v) is 9.17. The average molecular weight is 397 g/mol. The summed E-state index contributed by atoms with van der Waals surface area (Å²) in [5.41, 5.74) is 2.50. The molecule has 0 saturated heterocycles. The maximum absolute atomic E-state index is 12.3. The number of aryl methyl sites for hydroxylation is 1. The van der Waals surface area contributed by atoms with E-state index < -0.39 is 0 Å². The second kappa shape index (κ2) is 7.16. The molecule has 0 radical (unpaired) electrons. The van der Waals surface area contributed by atoms with E-state index in [1.807, 2.05) is 0 Å². The zero-order valence-corrected chi connectivity index (χ0v) is 15.5. The number of furan rings is 1. The van der Waals surface area contributed by atoms with Crippen LogP contribution in [-0.4, -0.2) is 26.8 Å². The molecule has 0 spiro atoms. The molecule has 4 rings (SSSR count). The number of hydrogen-bond acceptors (Lipinski definition) is 6. The highest BCUT2D eigenvalue weighted by Gasteiger charge is 2.14. The Morgan fingerprint density at radius 2 is 2.00 bits per heavy atom. The molecule has 1 aromatic carbocycles. The SMILES string of the molecule is Cc1occc1C(=O)Nc1nc(CC(=O)Nc2ccc3[nH]c(=O)[nH]c3c2)cs1. The van der Waals surface area contributed by atoms with E-state index >= 15 is 0 Å². The van der Waals surface area contributed by atoms with Gasteiger partial charge in [-0.1, -0.05) is 0 Å². The Kier molecular flexibility index (Phi) is 4.53. The van der Waals surface area contributed by atoms with Crippen LogP contribution in [0.2, 0.25) is 0 Å². The average Bonchev–Trinajstić information content (AvgIpc) is 3.34. The van der Waals surface area contributed by atoms with E-state index in [4.69, 9.17) is 4.42 Å². The summed E-state index contributed by atoms with van der Waals surface area (Å²) in [5.74, 6) is -0.0501. The molecule has 9 nitrogen and oxygen atoms in total. The van der Waals surface area contributed by atoms with E-state index in [9.17, 15) is 14.4 Å². The Morgan fingerprint density at radius 1 is 1.18 bits per heavy atom. The van der Waals surface area contributed by atoms with Gasteiger partial charge in [-0.15, -0.1) is 11.3 Å². The third kappa shape index (κ3) is 3.71. The van der Waals surface area contributed by atoms with Crippen molar-refractivity contribution in [2.24, 2.45) is 0 Å². The Labute approximate surface area is 161 Å².